The van der Waals surface area contributed by atoms with Crippen molar-refractivity contribution >= 4 is 41.7 Å². The van der Waals surface area contributed by atoms with Gasteiger partial charge in [0.1, 0.15) is 11.1 Å². The van der Waals surface area contributed by atoms with Crippen molar-refractivity contribution < 1.29 is 14.7 Å². The molecule has 2 saturated heterocycles. The fourth-order valence-electron chi connectivity index (χ4n) is 4.74. The molecule has 12 nitrogen and oxygen atoms in total. The highest BCUT2D eigenvalue weighted by Gasteiger charge is 2.53. The second-order valence-corrected chi connectivity index (χ2v) is 11.8. The second-order valence-electron chi connectivity index (χ2n) is 9.79. The first-order chi connectivity index (χ1) is 17.7. The quantitative estimate of drug-likeness (QED) is 0.137. The third-order valence-electron chi connectivity index (χ3n) is 6.80. The number of nitrogens with one attached hydrogen (secondary N) is 1. The van der Waals surface area contributed by atoms with Gasteiger partial charge in [0, 0.05) is 31.6 Å². The van der Waals surface area contributed by atoms with Crippen molar-refractivity contribution in [1.29, 1.82) is 0 Å². The number of aliphatic carboxylic acids is 1. The summed E-state index contributed by atoms with van der Waals surface area (Å²) in [4.78, 5) is 62.0. The number of β-lactam (4-membered cyclic amide) rings is 1. The first-order valence-corrected chi connectivity index (χ1v) is 14.3. The summed E-state index contributed by atoms with van der Waals surface area (Å²) in [6.45, 7) is 2.95. The highest BCUT2D eigenvalue weighted by molar-refractivity contribution is 8.01. The Hall–Kier alpha value is -2.58. The number of aromatic nitrogens is 3. The fourth-order valence-corrected chi connectivity index (χ4v) is 7.14. The van der Waals surface area contributed by atoms with Crippen molar-refractivity contribution in [3.05, 3.63) is 32.0 Å². The van der Waals surface area contributed by atoms with E-state index in [-0.39, 0.29) is 27.9 Å². The summed E-state index contributed by atoms with van der Waals surface area (Å²) in [6.07, 6.45) is 6.44. The number of carbonyl (C=O) groups excluding carboxylic acids is 1. The van der Waals surface area contributed by atoms with Crippen molar-refractivity contribution in [1.82, 2.24) is 29.5 Å². The molecule has 0 bridgehead atoms. The van der Waals surface area contributed by atoms with E-state index in [9.17, 15) is 24.3 Å². The lowest BCUT2D eigenvalue weighted by Crippen LogP contribution is -2.64. The zero-order chi connectivity index (χ0) is 26.7. The minimum atomic E-state index is -1.17. The van der Waals surface area contributed by atoms with E-state index in [0.29, 0.717) is 11.3 Å². The number of aryl methyl sites for hydroxylation is 1. The van der Waals surface area contributed by atoms with Crippen LogP contribution in [0.15, 0.2) is 31.0 Å². The Labute approximate surface area is 223 Å². The molecule has 0 aromatic carbocycles. The van der Waals surface area contributed by atoms with Crippen LogP contribution in [0, 0.1) is 5.92 Å². The molecule has 1 amide bonds. The van der Waals surface area contributed by atoms with Crippen LogP contribution in [0.2, 0.25) is 0 Å². The largest absolute Gasteiger partial charge is 0.477 e. The number of aliphatic imine (C=N–C) groups is 1. The van der Waals surface area contributed by atoms with Crippen molar-refractivity contribution in [2.24, 2.45) is 18.0 Å². The molecular weight excluding hydrogens is 518 g/mol. The molecule has 2 N–H and O–H groups in total. The van der Waals surface area contributed by atoms with E-state index in [1.165, 1.54) is 34.2 Å². The number of fused-ring (bicyclic) bond motifs is 1. The molecule has 2 atom stereocenters. The molecule has 1 aromatic heterocycles. The van der Waals surface area contributed by atoms with Crippen LogP contribution in [0.4, 0.5) is 0 Å². The first kappa shape index (κ1) is 27.5. The Morgan fingerprint density at radius 2 is 2.03 bits per heavy atom. The van der Waals surface area contributed by atoms with Crippen LogP contribution >= 0.6 is 23.5 Å². The topological polar surface area (TPSA) is 144 Å². The number of thioether (sulfide) groups is 2. The molecule has 1 aromatic rings. The summed E-state index contributed by atoms with van der Waals surface area (Å²) in [5, 5.41) is 12.2. The van der Waals surface area contributed by atoms with Gasteiger partial charge >= 0.3 is 17.1 Å². The molecule has 14 heteroatoms. The molecule has 0 spiro atoms. The standard InChI is InChI=1S/C23H33N7O5S2/c1-27(2)8-4-5-14-6-9-29(10-7-14)13-24-16-20(33)30-17(22(34)35)15(11-36-21(16)30)12-37-23-25-18(31)19(32)26-28(23)3/h13-14,16,21H,4-12H2,1-3H3,(H,26,32)(H,34,35)/t16?,21-/m0/s1. The molecule has 3 aliphatic rings. The van der Waals surface area contributed by atoms with E-state index in [1.54, 1.807) is 13.4 Å². The van der Waals surface area contributed by atoms with E-state index >= 15 is 0 Å². The number of carbonyl (C=O) groups is 2. The number of carboxylic acid groups (broad SMARTS) is 1. The number of hydrogen-bond donors (Lipinski definition) is 2. The Kier molecular flexibility index (Phi) is 8.80. The van der Waals surface area contributed by atoms with E-state index in [4.69, 9.17) is 0 Å². The van der Waals surface area contributed by atoms with Gasteiger partial charge in [-0.2, -0.15) is 4.98 Å². The molecule has 2 fully saturated rings. The van der Waals surface area contributed by atoms with Gasteiger partial charge in [0.2, 0.25) is 0 Å². The predicted molar refractivity (Wildman–Crippen MR) is 143 cm³/mol. The monoisotopic (exact) mass is 551 g/mol. The van der Waals surface area contributed by atoms with Gasteiger partial charge in [-0.25, -0.2) is 4.79 Å². The first-order valence-electron chi connectivity index (χ1n) is 12.3. The zero-order valence-corrected chi connectivity index (χ0v) is 22.9. The molecular formula is C23H33N7O5S2. The lowest BCUT2D eigenvalue weighted by atomic mass is 9.92. The molecule has 1 unspecified atom stereocenters. The highest BCUT2D eigenvalue weighted by atomic mass is 32.2. The molecule has 37 heavy (non-hydrogen) atoms. The predicted octanol–water partition coefficient (Wildman–Crippen LogP) is 0.265. The van der Waals surface area contributed by atoms with Crippen molar-refractivity contribution in [2.45, 2.75) is 42.3 Å². The third-order valence-corrected chi connectivity index (χ3v) is 9.24. The van der Waals surface area contributed by atoms with Gasteiger partial charge in [-0.1, -0.05) is 11.8 Å². The van der Waals surface area contributed by atoms with Gasteiger partial charge in [-0.15, -0.1) is 11.8 Å². The van der Waals surface area contributed by atoms with Crippen LogP contribution < -0.4 is 11.1 Å². The van der Waals surface area contributed by atoms with E-state index in [2.05, 4.69) is 39.0 Å². The van der Waals surface area contributed by atoms with E-state index in [0.717, 1.165) is 50.2 Å². The van der Waals surface area contributed by atoms with Gasteiger partial charge < -0.3 is 14.9 Å². The average Bonchev–Trinajstić information content (AvgIpc) is 2.85. The highest BCUT2D eigenvalue weighted by Crippen LogP contribution is 2.42. The van der Waals surface area contributed by atoms with Gasteiger partial charge in [-0.3, -0.25) is 34.1 Å². The third kappa shape index (κ3) is 6.29. The molecule has 3 aliphatic heterocycles. The van der Waals surface area contributed by atoms with Crippen LogP contribution in [-0.4, -0.2) is 109 Å². The zero-order valence-electron chi connectivity index (χ0n) is 21.3. The maximum Gasteiger partial charge on any atom is 0.352 e. The Morgan fingerprint density at radius 1 is 1.30 bits per heavy atom. The van der Waals surface area contributed by atoms with Crippen LogP contribution in [-0.2, 0) is 16.6 Å². The Bertz CT molecular complexity index is 1200. The summed E-state index contributed by atoms with van der Waals surface area (Å²) in [5.74, 6) is -0.120. The maximum absolute atomic E-state index is 12.9. The minimum Gasteiger partial charge on any atom is -0.477 e. The molecule has 0 aliphatic carbocycles. The van der Waals surface area contributed by atoms with Crippen molar-refractivity contribution in [3.63, 3.8) is 0 Å². The van der Waals surface area contributed by atoms with E-state index in [1.807, 2.05) is 0 Å². The number of carboxylic acids is 1. The number of aromatic amines is 1. The molecule has 4 heterocycles. The average molecular weight is 552 g/mol. The number of hydrogen-bond acceptors (Lipinski definition) is 9. The Balaban J connectivity index is 1.35. The fraction of sp³-hybridized carbons (Fsp3) is 0.652. The smallest absolute Gasteiger partial charge is 0.352 e. The van der Waals surface area contributed by atoms with Gasteiger partial charge in [0.05, 0.1) is 6.34 Å². The second kappa shape index (κ2) is 11.9. The number of rotatable bonds is 10. The molecule has 0 saturated carbocycles. The maximum atomic E-state index is 12.9. The lowest BCUT2D eigenvalue weighted by molar-refractivity contribution is -0.147. The lowest BCUT2D eigenvalue weighted by Gasteiger charge is -2.48. The van der Waals surface area contributed by atoms with Gasteiger partial charge in [0.15, 0.2) is 11.2 Å². The number of amides is 1. The van der Waals surface area contributed by atoms with Crippen LogP contribution in [0.3, 0.4) is 0 Å². The molecule has 202 valence electrons. The van der Waals surface area contributed by atoms with Crippen LogP contribution in [0.25, 0.3) is 0 Å². The normalized spacial score (nSPS) is 22.6. The number of nitrogens with zero attached hydrogens (tertiary/aromatic N) is 6. The summed E-state index contributed by atoms with van der Waals surface area (Å²) in [6, 6.07) is -0.590. The summed E-state index contributed by atoms with van der Waals surface area (Å²) in [7, 11) is 5.74. The number of piperidine rings is 1. The van der Waals surface area contributed by atoms with Crippen molar-refractivity contribution in [2.75, 3.05) is 45.2 Å². The summed E-state index contributed by atoms with van der Waals surface area (Å²) in [5.41, 5.74) is -1.19. The summed E-state index contributed by atoms with van der Waals surface area (Å²) < 4.78 is 1.32. The SMILES string of the molecule is CN(C)CCCC1CCN(C=NC2C(=O)N3C(C(=O)O)=C(CSc4nc(=O)c(=O)[nH]n4C)CS[C@@H]23)CC1. The van der Waals surface area contributed by atoms with Crippen molar-refractivity contribution in [3.8, 4) is 0 Å². The minimum absolute atomic E-state index is 0.0272. The number of likely N-dealkylation sites (tertiary alicyclic amines) is 1. The molecule has 0 radical (unpaired) electrons. The van der Waals surface area contributed by atoms with Gasteiger partial charge in [0.25, 0.3) is 5.91 Å². The Morgan fingerprint density at radius 3 is 2.70 bits per heavy atom. The van der Waals surface area contributed by atoms with Gasteiger partial charge in [-0.05, 0) is 57.8 Å². The van der Waals surface area contributed by atoms with Crippen LogP contribution in [0.1, 0.15) is 25.7 Å². The number of H-pyrrole nitrogens is 1. The molecule has 4 rings (SSSR count). The van der Waals surface area contributed by atoms with E-state index < -0.39 is 23.1 Å². The van der Waals surface area contributed by atoms with Crippen LogP contribution in [0.5, 0.6) is 0 Å². The summed E-state index contributed by atoms with van der Waals surface area (Å²) >= 11 is 2.62.